The van der Waals surface area contributed by atoms with Gasteiger partial charge in [-0.15, -0.1) is 0 Å². The average Bonchev–Trinajstić information content (AvgIpc) is 2.29. The molecule has 0 atom stereocenters. The van der Waals surface area contributed by atoms with Crippen molar-refractivity contribution in [1.29, 1.82) is 0 Å². The molecule has 1 saturated heterocycles. The van der Waals surface area contributed by atoms with Crippen LogP contribution >= 0.6 is 0 Å². The van der Waals surface area contributed by atoms with Gasteiger partial charge in [0.1, 0.15) is 5.54 Å². The van der Waals surface area contributed by atoms with Crippen LogP contribution in [0.2, 0.25) is 0 Å². The van der Waals surface area contributed by atoms with Crippen LogP contribution < -0.4 is 5.73 Å². The molecule has 0 spiro atoms. The van der Waals surface area contributed by atoms with E-state index in [0.717, 1.165) is 51.6 Å². The normalized spacial score (nSPS) is 19.5. The van der Waals surface area contributed by atoms with Crippen LogP contribution in [-0.2, 0) is 4.79 Å². The quantitative estimate of drug-likeness (QED) is 0.745. The fourth-order valence-electron chi connectivity index (χ4n) is 2.95. The summed E-state index contributed by atoms with van der Waals surface area (Å²) in [6.45, 7) is 5.77. The third-order valence-electron chi connectivity index (χ3n) is 3.87. The molecule has 1 rings (SSSR count). The summed E-state index contributed by atoms with van der Waals surface area (Å²) >= 11 is 0. The van der Waals surface area contributed by atoms with E-state index in [0.29, 0.717) is 0 Å². The van der Waals surface area contributed by atoms with Crippen LogP contribution in [0, 0.1) is 0 Å². The predicted octanol–water partition coefficient (Wildman–Crippen LogP) is 1.83. The minimum atomic E-state index is -0.656. The van der Waals surface area contributed by atoms with E-state index >= 15 is 0 Å². The number of carboxylic acids is 1. The van der Waals surface area contributed by atoms with Crippen LogP contribution in [0.5, 0.6) is 0 Å². The van der Waals surface area contributed by atoms with Crippen molar-refractivity contribution in [1.82, 2.24) is 4.90 Å². The largest absolute Gasteiger partial charge is 0.480 e. The maximum atomic E-state index is 11.7. The Kier molecular flexibility index (Phi) is 5.40. The fraction of sp³-hybridized carbons (Fsp3) is 0.923. The Morgan fingerprint density at radius 2 is 1.76 bits per heavy atom. The van der Waals surface area contributed by atoms with E-state index in [-0.39, 0.29) is 6.04 Å². The van der Waals surface area contributed by atoms with Crippen molar-refractivity contribution < 1.29 is 9.90 Å². The van der Waals surface area contributed by atoms with Gasteiger partial charge in [-0.25, -0.2) is 0 Å². The third-order valence-corrected chi connectivity index (χ3v) is 3.87. The Morgan fingerprint density at radius 3 is 2.12 bits per heavy atom. The SMILES string of the molecule is CCCC(CCC)(C(=O)O)N1CCC(N)CC1. The van der Waals surface area contributed by atoms with Crippen LogP contribution in [0.25, 0.3) is 0 Å². The molecule has 0 unspecified atom stereocenters. The maximum absolute atomic E-state index is 11.7. The van der Waals surface area contributed by atoms with Gasteiger partial charge in [0.25, 0.3) is 0 Å². The first kappa shape index (κ1) is 14.5. The predicted molar refractivity (Wildman–Crippen MR) is 69.0 cm³/mol. The van der Waals surface area contributed by atoms with Crippen molar-refractivity contribution in [2.24, 2.45) is 5.73 Å². The zero-order valence-corrected chi connectivity index (χ0v) is 11.1. The smallest absolute Gasteiger partial charge is 0.324 e. The number of carbonyl (C=O) groups is 1. The van der Waals surface area contributed by atoms with Crippen LogP contribution in [0.4, 0.5) is 0 Å². The number of rotatable bonds is 6. The molecule has 3 N–H and O–H groups in total. The van der Waals surface area contributed by atoms with E-state index in [1.54, 1.807) is 0 Å². The van der Waals surface area contributed by atoms with Crippen molar-refractivity contribution in [3.63, 3.8) is 0 Å². The van der Waals surface area contributed by atoms with E-state index in [1.807, 2.05) is 0 Å². The topological polar surface area (TPSA) is 66.6 Å². The molecule has 4 heteroatoms. The maximum Gasteiger partial charge on any atom is 0.324 e. The highest BCUT2D eigenvalue weighted by molar-refractivity contribution is 5.78. The first-order valence-electron chi connectivity index (χ1n) is 6.80. The van der Waals surface area contributed by atoms with Crippen molar-refractivity contribution in [3.8, 4) is 0 Å². The van der Waals surface area contributed by atoms with Crippen LogP contribution in [0.3, 0.4) is 0 Å². The second kappa shape index (κ2) is 6.36. The number of piperidine rings is 1. The number of nitrogens with two attached hydrogens (primary N) is 1. The molecule has 17 heavy (non-hydrogen) atoms. The van der Waals surface area contributed by atoms with Gasteiger partial charge in [-0.3, -0.25) is 9.69 Å². The molecule has 0 amide bonds. The minimum Gasteiger partial charge on any atom is -0.480 e. The molecular weight excluding hydrogens is 216 g/mol. The molecule has 1 fully saturated rings. The van der Waals surface area contributed by atoms with Crippen molar-refractivity contribution >= 4 is 5.97 Å². The van der Waals surface area contributed by atoms with Gasteiger partial charge < -0.3 is 10.8 Å². The monoisotopic (exact) mass is 242 g/mol. The van der Waals surface area contributed by atoms with Crippen LogP contribution in [0.1, 0.15) is 52.4 Å². The summed E-state index contributed by atoms with van der Waals surface area (Å²) in [6.07, 6.45) is 5.14. The summed E-state index contributed by atoms with van der Waals surface area (Å²) < 4.78 is 0. The highest BCUT2D eigenvalue weighted by Crippen LogP contribution is 2.30. The Bertz CT molecular complexity index is 242. The molecule has 1 aliphatic heterocycles. The molecule has 0 saturated carbocycles. The lowest BCUT2D eigenvalue weighted by atomic mass is 9.84. The summed E-state index contributed by atoms with van der Waals surface area (Å²) in [5.41, 5.74) is 5.24. The molecular formula is C13H26N2O2. The van der Waals surface area contributed by atoms with E-state index in [4.69, 9.17) is 5.73 Å². The number of hydrogen-bond donors (Lipinski definition) is 2. The zero-order chi connectivity index (χ0) is 12.9. The molecule has 4 nitrogen and oxygen atoms in total. The van der Waals surface area contributed by atoms with Crippen molar-refractivity contribution in [2.75, 3.05) is 13.1 Å². The summed E-state index contributed by atoms with van der Waals surface area (Å²) in [6, 6.07) is 0.251. The standard InChI is InChI=1S/C13H26N2O2/c1-3-7-13(8-4-2,12(16)17)15-9-5-11(14)6-10-15/h11H,3-10,14H2,1-2H3,(H,16,17). The summed E-state index contributed by atoms with van der Waals surface area (Å²) in [5.74, 6) is -0.656. The van der Waals surface area contributed by atoms with E-state index in [2.05, 4.69) is 18.7 Å². The number of aliphatic carboxylic acids is 1. The highest BCUT2D eigenvalue weighted by Gasteiger charge is 2.43. The second-order valence-electron chi connectivity index (χ2n) is 5.16. The van der Waals surface area contributed by atoms with E-state index in [1.165, 1.54) is 0 Å². The van der Waals surface area contributed by atoms with Crippen LogP contribution in [0.15, 0.2) is 0 Å². The molecule has 0 aromatic carbocycles. The molecule has 0 aromatic rings. The van der Waals surface area contributed by atoms with Crippen LogP contribution in [-0.4, -0.2) is 40.6 Å². The van der Waals surface area contributed by atoms with Gasteiger partial charge in [0, 0.05) is 19.1 Å². The second-order valence-corrected chi connectivity index (χ2v) is 5.16. The highest BCUT2D eigenvalue weighted by atomic mass is 16.4. The van der Waals surface area contributed by atoms with Crippen molar-refractivity contribution in [3.05, 3.63) is 0 Å². The van der Waals surface area contributed by atoms with E-state index in [9.17, 15) is 9.90 Å². The zero-order valence-electron chi connectivity index (χ0n) is 11.1. The summed E-state index contributed by atoms with van der Waals surface area (Å²) in [5, 5.41) is 9.63. The lowest BCUT2D eigenvalue weighted by Gasteiger charge is -2.44. The van der Waals surface area contributed by atoms with Gasteiger partial charge in [0.05, 0.1) is 0 Å². The minimum absolute atomic E-state index is 0.251. The van der Waals surface area contributed by atoms with Gasteiger partial charge >= 0.3 is 5.97 Å². The first-order chi connectivity index (χ1) is 8.06. The molecule has 0 bridgehead atoms. The molecule has 1 heterocycles. The number of likely N-dealkylation sites (tertiary alicyclic amines) is 1. The Balaban J connectivity index is 2.83. The lowest BCUT2D eigenvalue weighted by Crippen LogP contribution is -2.58. The van der Waals surface area contributed by atoms with Gasteiger partial charge in [-0.05, 0) is 25.7 Å². The lowest BCUT2D eigenvalue weighted by molar-refractivity contribution is -0.154. The van der Waals surface area contributed by atoms with Crippen molar-refractivity contribution in [2.45, 2.75) is 64.0 Å². The fourth-order valence-corrected chi connectivity index (χ4v) is 2.95. The molecule has 100 valence electrons. The molecule has 0 aliphatic carbocycles. The average molecular weight is 242 g/mol. The Labute approximate surface area is 104 Å². The van der Waals surface area contributed by atoms with Gasteiger partial charge in [-0.2, -0.15) is 0 Å². The van der Waals surface area contributed by atoms with Gasteiger partial charge in [-0.1, -0.05) is 26.7 Å². The number of nitrogens with zero attached hydrogens (tertiary/aromatic N) is 1. The molecule has 1 aliphatic rings. The molecule has 0 aromatic heterocycles. The Hall–Kier alpha value is -0.610. The van der Waals surface area contributed by atoms with Gasteiger partial charge in [0.2, 0.25) is 0 Å². The number of carboxylic acid groups (broad SMARTS) is 1. The first-order valence-corrected chi connectivity index (χ1v) is 6.80. The number of hydrogen-bond acceptors (Lipinski definition) is 3. The molecule has 0 radical (unpaired) electrons. The Morgan fingerprint density at radius 1 is 1.29 bits per heavy atom. The van der Waals surface area contributed by atoms with Gasteiger partial charge in [0.15, 0.2) is 0 Å². The summed E-state index contributed by atoms with van der Waals surface area (Å²) in [4.78, 5) is 13.9. The third kappa shape index (κ3) is 3.19. The van der Waals surface area contributed by atoms with E-state index < -0.39 is 11.5 Å². The summed E-state index contributed by atoms with van der Waals surface area (Å²) in [7, 11) is 0.